The molecule has 0 bridgehead atoms. The minimum absolute atomic E-state index is 0.130. The summed E-state index contributed by atoms with van der Waals surface area (Å²) < 4.78 is 48.4. The summed E-state index contributed by atoms with van der Waals surface area (Å²) in [7, 11) is -2.80. The topological polar surface area (TPSA) is 0 Å². The summed E-state index contributed by atoms with van der Waals surface area (Å²) in [5.41, 5.74) is -2.50. The van der Waals surface area contributed by atoms with Crippen LogP contribution in [0.5, 0.6) is 0 Å². The van der Waals surface area contributed by atoms with Gasteiger partial charge in [0.2, 0.25) is 11.6 Å². The van der Waals surface area contributed by atoms with Crippen molar-refractivity contribution in [3.63, 3.8) is 0 Å². The van der Waals surface area contributed by atoms with E-state index in [1.54, 1.807) is 0 Å². The van der Waals surface area contributed by atoms with Crippen LogP contribution in [0.4, 0.5) is 17.6 Å². The molecule has 0 amide bonds. The van der Waals surface area contributed by atoms with Gasteiger partial charge in [0, 0.05) is 6.42 Å². The molecule has 0 saturated heterocycles. The van der Waals surface area contributed by atoms with Crippen LogP contribution in [-0.2, 0) is 0 Å². The van der Waals surface area contributed by atoms with E-state index in [1.165, 1.54) is 6.92 Å². The zero-order chi connectivity index (χ0) is 9.61. The third kappa shape index (κ3) is 6.84. The Hall–Kier alpha value is 0.154. The molecule has 0 aromatic heterocycles. The number of halogens is 4. The first kappa shape index (κ1) is 12.2. The van der Waals surface area contributed by atoms with E-state index < -0.39 is 30.6 Å². The van der Waals surface area contributed by atoms with Crippen LogP contribution in [0.1, 0.15) is 13.3 Å². The molecule has 0 N–H and O–H groups in total. The van der Waals surface area contributed by atoms with Gasteiger partial charge in [0.1, 0.15) is 19.0 Å². The summed E-state index contributed by atoms with van der Waals surface area (Å²) in [6.07, 6.45) is -0.130. The van der Waals surface area contributed by atoms with Crippen molar-refractivity contribution in [3.8, 4) is 0 Å². The monoisotopic (exact) mass is 218 g/mol. The lowest BCUT2D eigenvalue weighted by molar-refractivity contribution is 0.0863. The highest BCUT2D eigenvalue weighted by molar-refractivity contribution is 6.44. The van der Waals surface area contributed by atoms with Crippen LogP contribution >= 0.6 is 0 Å². The van der Waals surface area contributed by atoms with Gasteiger partial charge in [0.05, 0.1) is 0 Å². The van der Waals surface area contributed by atoms with Crippen LogP contribution in [-0.4, -0.2) is 30.6 Å². The van der Waals surface area contributed by atoms with E-state index in [0.29, 0.717) is 12.1 Å². The van der Waals surface area contributed by atoms with E-state index in [4.69, 9.17) is 0 Å². The average Bonchev–Trinajstić information content (AvgIpc) is 1.98. The lowest BCUT2D eigenvalue weighted by atomic mass is 10.5. The fourth-order valence-corrected chi connectivity index (χ4v) is 4.19. The fourth-order valence-electron chi connectivity index (χ4n) is 0.859. The van der Waals surface area contributed by atoms with Gasteiger partial charge < -0.3 is 0 Å². The number of rotatable bonds is 6. The average molecular weight is 218 g/mol. The van der Waals surface area contributed by atoms with Crippen LogP contribution in [0.25, 0.3) is 0 Å². The molecular formula is C6H14F4Si2. The molecule has 0 aliphatic rings. The minimum atomic E-state index is -2.50. The molecule has 0 aromatic rings. The second kappa shape index (κ2) is 5.74. The molecule has 0 aliphatic heterocycles. The Morgan fingerprint density at radius 3 is 2.25 bits per heavy atom. The number of alkyl halides is 4. The van der Waals surface area contributed by atoms with Gasteiger partial charge in [-0.25, -0.2) is 17.6 Å². The first-order valence-electron chi connectivity index (χ1n) is 4.14. The largest absolute Gasteiger partial charge is 0.223 e. The predicted molar refractivity (Wildman–Crippen MR) is 47.9 cm³/mol. The Morgan fingerprint density at radius 1 is 1.25 bits per heavy atom. The third-order valence-corrected chi connectivity index (χ3v) is 6.16. The van der Waals surface area contributed by atoms with Crippen LogP contribution < -0.4 is 0 Å². The Kier molecular flexibility index (Phi) is 5.81. The summed E-state index contributed by atoms with van der Waals surface area (Å²) in [6, 6.07) is -1.43. The highest BCUT2D eigenvalue weighted by Crippen LogP contribution is 2.17. The van der Waals surface area contributed by atoms with Gasteiger partial charge in [0.15, 0.2) is 0 Å². The minimum Gasteiger partial charge on any atom is -0.216 e. The van der Waals surface area contributed by atoms with Crippen LogP contribution in [0, 0.1) is 0 Å². The van der Waals surface area contributed by atoms with Gasteiger partial charge >= 0.3 is 0 Å². The molecule has 0 saturated carbocycles. The number of hydrogen-bond donors (Lipinski definition) is 0. The summed E-state index contributed by atoms with van der Waals surface area (Å²) >= 11 is 0. The van der Waals surface area contributed by atoms with Gasteiger partial charge in [-0.3, -0.25) is 0 Å². The summed E-state index contributed by atoms with van der Waals surface area (Å²) in [6.45, 7) is 1.44. The summed E-state index contributed by atoms with van der Waals surface area (Å²) in [5.74, 6) is 0. The van der Waals surface area contributed by atoms with E-state index >= 15 is 0 Å². The smallest absolute Gasteiger partial charge is 0.216 e. The van der Waals surface area contributed by atoms with Crippen molar-refractivity contribution in [1.29, 1.82) is 0 Å². The van der Waals surface area contributed by atoms with Crippen molar-refractivity contribution in [3.05, 3.63) is 0 Å². The van der Waals surface area contributed by atoms with Gasteiger partial charge in [-0.05, 0) is 0 Å². The zero-order valence-corrected chi connectivity index (χ0v) is 9.95. The molecule has 0 heterocycles. The van der Waals surface area contributed by atoms with E-state index in [9.17, 15) is 17.6 Å². The molecule has 74 valence electrons. The van der Waals surface area contributed by atoms with Crippen molar-refractivity contribution < 1.29 is 17.6 Å². The molecule has 0 atom stereocenters. The first-order chi connectivity index (χ1) is 5.48. The normalized spacial score (nSPS) is 14.5. The van der Waals surface area contributed by atoms with Gasteiger partial charge in [-0.2, -0.15) is 0 Å². The molecule has 0 fully saturated rings. The first-order valence-corrected chi connectivity index (χ1v) is 7.66. The quantitative estimate of drug-likeness (QED) is 0.359. The molecule has 12 heavy (non-hydrogen) atoms. The second-order valence-electron chi connectivity index (χ2n) is 2.85. The zero-order valence-electron chi connectivity index (χ0n) is 7.12. The van der Waals surface area contributed by atoms with Crippen LogP contribution in [0.15, 0.2) is 0 Å². The van der Waals surface area contributed by atoms with Crippen LogP contribution in [0.3, 0.4) is 0 Å². The van der Waals surface area contributed by atoms with Gasteiger partial charge in [0.25, 0.3) is 0 Å². The summed E-state index contributed by atoms with van der Waals surface area (Å²) in [4.78, 5) is 0. The molecule has 0 aromatic carbocycles. The molecule has 6 heteroatoms. The van der Waals surface area contributed by atoms with Crippen molar-refractivity contribution in [1.82, 2.24) is 0 Å². The van der Waals surface area contributed by atoms with E-state index in [0.717, 1.165) is 0 Å². The fraction of sp³-hybridized carbons (Fsp3) is 1.00. The highest BCUT2D eigenvalue weighted by Gasteiger charge is 2.25. The molecular weight excluding hydrogens is 204 g/mol. The predicted octanol–water partition coefficient (Wildman–Crippen LogP) is 1.39. The van der Waals surface area contributed by atoms with Crippen molar-refractivity contribution in [2.75, 3.05) is 0 Å². The molecule has 0 rings (SSSR count). The standard InChI is InChI=1S/C6H14F4Si2/c1-2-6(9,10)12-4-3-11-5(7)8/h5H,2-4,11-12H2,1H3. The van der Waals surface area contributed by atoms with E-state index in [-0.39, 0.29) is 6.42 Å². The second-order valence-corrected chi connectivity index (χ2v) is 6.99. The molecule has 0 aliphatic carbocycles. The molecule has 0 nitrogen and oxygen atoms in total. The SMILES string of the molecule is CCC(F)(F)[SiH2]CC[SiH2]C(F)F. The summed E-state index contributed by atoms with van der Waals surface area (Å²) in [5, 5.41) is 0. The van der Waals surface area contributed by atoms with Crippen molar-refractivity contribution in [2.24, 2.45) is 0 Å². The molecule has 0 radical (unpaired) electrons. The van der Waals surface area contributed by atoms with Crippen molar-refractivity contribution >= 4 is 19.0 Å². The maximum Gasteiger partial charge on any atom is 0.223 e. The van der Waals surface area contributed by atoms with Gasteiger partial charge in [-0.1, -0.05) is 19.0 Å². The van der Waals surface area contributed by atoms with E-state index in [1.807, 2.05) is 0 Å². The van der Waals surface area contributed by atoms with Crippen LogP contribution in [0.2, 0.25) is 12.1 Å². The maximum absolute atomic E-state index is 12.6. The third-order valence-electron chi connectivity index (χ3n) is 1.73. The maximum atomic E-state index is 12.6. The van der Waals surface area contributed by atoms with Gasteiger partial charge in [-0.15, -0.1) is 0 Å². The van der Waals surface area contributed by atoms with Crippen molar-refractivity contribution in [2.45, 2.75) is 37.0 Å². The molecule has 0 unspecified atom stereocenters. The number of hydrogen-bond acceptors (Lipinski definition) is 0. The molecule has 0 spiro atoms. The Balaban J connectivity index is 3.31. The highest BCUT2D eigenvalue weighted by atomic mass is 28.2. The Morgan fingerprint density at radius 2 is 1.83 bits per heavy atom. The lowest BCUT2D eigenvalue weighted by Gasteiger charge is -2.12. The van der Waals surface area contributed by atoms with E-state index in [2.05, 4.69) is 0 Å². The lowest BCUT2D eigenvalue weighted by Crippen LogP contribution is -2.24. The Labute approximate surface area is 74.4 Å². The Bertz CT molecular complexity index is 118.